The normalized spacial score (nSPS) is 19.0. The number of ether oxygens (including phenoxy) is 2. The molecule has 0 bridgehead atoms. The number of pyridine rings is 1. The molecule has 1 aliphatic rings. The Labute approximate surface area is 174 Å². The van der Waals surface area contributed by atoms with Crippen molar-refractivity contribution in [3.8, 4) is 22.2 Å². The van der Waals surface area contributed by atoms with Crippen molar-refractivity contribution >= 4 is 28.1 Å². The Morgan fingerprint density at radius 1 is 1.24 bits per heavy atom. The van der Waals surface area contributed by atoms with Crippen LogP contribution >= 0.6 is 11.3 Å². The molecular weight excluding hydrogens is 386 g/mol. The lowest BCUT2D eigenvalue weighted by molar-refractivity contribution is -0.129. The number of hydrogen-bond donors (Lipinski definition) is 0. The van der Waals surface area contributed by atoms with Gasteiger partial charge >= 0.3 is 0 Å². The number of amides is 1. The maximum atomic E-state index is 11.9. The van der Waals surface area contributed by atoms with Gasteiger partial charge in [-0.3, -0.25) is 4.79 Å². The summed E-state index contributed by atoms with van der Waals surface area (Å²) < 4.78 is 11.9. The van der Waals surface area contributed by atoms with Gasteiger partial charge in [-0.15, -0.1) is 11.3 Å². The molecule has 4 rings (SSSR count). The van der Waals surface area contributed by atoms with E-state index in [1.807, 2.05) is 42.3 Å². The molecule has 0 spiro atoms. The summed E-state index contributed by atoms with van der Waals surface area (Å²) in [6.07, 6.45) is 0.761. The highest BCUT2D eigenvalue weighted by Gasteiger charge is 2.32. The van der Waals surface area contributed by atoms with Crippen LogP contribution in [0.25, 0.3) is 21.6 Å². The minimum absolute atomic E-state index is 0.0483. The molecule has 1 aliphatic heterocycles. The monoisotopic (exact) mass is 411 g/mol. The molecule has 1 unspecified atom stereocenters. The van der Waals surface area contributed by atoms with Crippen molar-refractivity contribution in [2.75, 3.05) is 13.7 Å². The number of aryl methyl sites for hydroxylation is 2. The van der Waals surface area contributed by atoms with E-state index in [0.717, 1.165) is 50.8 Å². The van der Waals surface area contributed by atoms with Gasteiger partial charge < -0.3 is 14.4 Å². The van der Waals surface area contributed by atoms with Crippen molar-refractivity contribution in [3.63, 3.8) is 0 Å². The SMILES string of the molecule is COc1ccc2c(OC3C[C@@H](C)N(C(C)=O)C3)cc(-c3nc(C)cs3)nc2c1C. The number of carbonyl (C=O) groups is 1. The van der Waals surface area contributed by atoms with Crippen molar-refractivity contribution in [1.82, 2.24) is 14.9 Å². The van der Waals surface area contributed by atoms with E-state index in [0.29, 0.717) is 6.54 Å². The van der Waals surface area contributed by atoms with Crippen LogP contribution in [0.4, 0.5) is 0 Å². The number of methoxy groups -OCH3 is 1. The number of thiazole rings is 1. The lowest BCUT2D eigenvalue weighted by Crippen LogP contribution is -2.32. The van der Waals surface area contributed by atoms with Gasteiger partial charge in [-0.05, 0) is 32.9 Å². The number of likely N-dealkylation sites (tertiary alicyclic amines) is 1. The molecule has 0 aliphatic carbocycles. The van der Waals surface area contributed by atoms with Crippen LogP contribution in [-0.4, -0.2) is 46.6 Å². The third-order valence-corrected chi connectivity index (χ3v) is 6.42. The predicted octanol–water partition coefficient (Wildman–Crippen LogP) is 4.37. The van der Waals surface area contributed by atoms with E-state index >= 15 is 0 Å². The van der Waals surface area contributed by atoms with Gasteiger partial charge in [-0.1, -0.05) is 0 Å². The van der Waals surface area contributed by atoms with Crippen LogP contribution in [0.1, 0.15) is 31.5 Å². The van der Waals surface area contributed by atoms with Gasteiger partial charge in [0.15, 0.2) is 0 Å². The second-order valence-corrected chi connectivity index (χ2v) is 8.44. The number of benzene rings is 1. The highest BCUT2D eigenvalue weighted by atomic mass is 32.1. The fraction of sp³-hybridized carbons (Fsp3) is 0.409. The zero-order valence-corrected chi connectivity index (χ0v) is 18.2. The summed E-state index contributed by atoms with van der Waals surface area (Å²) >= 11 is 1.57. The van der Waals surface area contributed by atoms with Crippen LogP contribution in [0.2, 0.25) is 0 Å². The van der Waals surface area contributed by atoms with Crippen LogP contribution in [0, 0.1) is 13.8 Å². The average Bonchev–Trinajstić information content (AvgIpc) is 3.28. The summed E-state index contributed by atoms with van der Waals surface area (Å²) in [4.78, 5) is 23.2. The molecular formula is C22H25N3O3S. The van der Waals surface area contributed by atoms with Gasteiger partial charge in [0.25, 0.3) is 0 Å². The third kappa shape index (κ3) is 3.67. The van der Waals surface area contributed by atoms with Crippen molar-refractivity contribution in [2.45, 2.75) is 46.3 Å². The van der Waals surface area contributed by atoms with Gasteiger partial charge in [0.2, 0.25) is 5.91 Å². The minimum atomic E-state index is -0.0483. The molecule has 1 saturated heterocycles. The highest BCUT2D eigenvalue weighted by molar-refractivity contribution is 7.13. The molecule has 6 nitrogen and oxygen atoms in total. The molecule has 1 amide bonds. The Morgan fingerprint density at radius 2 is 2.03 bits per heavy atom. The van der Waals surface area contributed by atoms with E-state index in [1.165, 1.54) is 0 Å². The van der Waals surface area contributed by atoms with Crippen LogP contribution in [0.3, 0.4) is 0 Å². The fourth-order valence-electron chi connectivity index (χ4n) is 3.96. The topological polar surface area (TPSA) is 64.6 Å². The first-order valence-corrected chi connectivity index (χ1v) is 10.6. The molecule has 0 N–H and O–H groups in total. The fourth-order valence-corrected chi connectivity index (χ4v) is 4.72. The minimum Gasteiger partial charge on any atom is -0.496 e. The first-order valence-electron chi connectivity index (χ1n) is 9.72. The Morgan fingerprint density at radius 3 is 2.66 bits per heavy atom. The smallest absolute Gasteiger partial charge is 0.219 e. The van der Waals surface area contributed by atoms with Gasteiger partial charge in [-0.2, -0.15) is 0 Å². The molecule has 2 aromatic heterocycles. The maximum absolute atomic E-state index is 11.9. The van der Waals surface area contributed by atoms with E-state index < -0.39 is 0 Å². The van der Waals surface area contributed by atoms with Crippen molar-refractivity contribution in [1.29, 1.82) is 0 Å². The van der Waals surface area contributed by atoms with Crippen molar-refractivity contribution in [2.24, 2.45) is 0 Å². The lowest BCUT2D eigenvalue weighted by atomic mass is 10.1. The predicted molar refractivity (Wildman–Crippen MR) is 115 cm³/mol. The Hall–Kier alpha value is -2.67. The van der Waals surface area contributed by atoms with Gasteiger partial charge in [0.1, 0.15) is 28.3 Å². The quantitative estimate of drug-likeness (QED) is 0.638. The van der Waals surface area contributed by atoms with Crippen LogP contribution in [0.15, 0.2) is 23.6 Å². The van der Waals surface area contributed by atoms with Crippen LogP contribution in [0.5, 0.6) is 11.5 Å². The van der Waals surface area contributed by atoms with E-state index in [9.17, 15) is 4.79 Å². The zero-order valence-electron chi connectivity index (χ0n) is 17.4. The molecule has 1 fully saturated rings. The van der Waals surface area contributed by atoms with E-state index in [4.69, 9.17) is 14.5 Å². The largest absolute Gasteiger partial charge is 0.496 e. The van der Waals surface area contributed by atoms with E-state index in [2.05, 4.69) is 11.9 Å². The molecule has 3 heterocycles. The van der Waals surface area contributed by atoms with E-state index in [1.54, 1.807) is 25.4 Å². The highest BCUT2D eigenvalue weighted by Crippen LogP contribution is 2.37. The standard InChI is InChI=1S/C22H25N3O3S/c1-12-11-29-22(23-12)18-9-20(28-16-8-13(2)25(10-16)15(4)26)17-6-7-19(27-5)14(3)21(17)24-18/h6-7,9,11,13,16H,8,10H2,1-5H3/t13-,16?/m1/s1. The number of fused-ring (bicyclic) bond motifs is 1. The summed E-state index contributed by atoms with van der Waals surface area (Å²) in [5.74, 6) is 1.65. The number of hydrogen-bond acceptors (Lipinski definition) is 6. The summed E-state index contributed by atoms with van der Waals surface area (Å²) in [7, 11) is 1.66. The third-order valence-electron chi connectivity index (χ3n) is 5.44. The first kappa shape index (κ1) is 19.6. The molecule has 0 saturated carbocycles. The summed E-state index contributed by atoms with van der Waals surface area (Å²) in [6.45, 7) is 8.25. The summed E-state index contributed by atoms with van der Waals surface area (Å²) in [5, 5.41) is 3.82. The second-order valence-electron chi connectivity index (χ2n) is 7.58. The molecule has 3 aromatic rings. The zero-order chi connectivity index (χ0) is 20.7. The average molecular weight is 412 g/mol. The number of rotatable bonds is 4. The Kier molecular flexibility index (Phi) is 5.17. The summed E-state index contributed by atoms with van der Waals surface area (Å²) in [5.41, 5.74) is 3.57. The molecule has 2 atom stereocenters. The Balaban J connectivity index is 1.79. The van der Waals surface area contributed by atoms with Gasteiger partial charge in [0, 0.05) is 47.5 Å². The molecule has 29 heavy (non-hydrogen) atoms. The van der Waals surface area contributed by atoms with Crippen molar-refractivity contribution in [3.05, 3.63) is 34.8 Å². The lowest BCUT2D eigenvalue weighted by Gasteiger charge is -2.19. The van der Waals surface area contributed by atoms with Crippen LogP contribution in [-0.2, 0) is 4.79 Å². The van der Waals surface area contributed by atoms with Gasteiger partial charge in [0.05, 0.1) is 19.2 Å². The van der Waals surface area contributed by atoms with E-state index in [-0.39, 0.29) is 18.1 Å². The molecule has 7 heteroatoms. The van der Waals surface area contributed by atoms with Crippen LogP contribution < -0.4 is 9.47 Å². The maximum Gasteiger partial charge on any atom is 0.219 e. The first-order chi connectivity index (χ1) is 13.9. The molecule has 152 valence electrons. The number of aromatic nitrogens is 2. The van der Waals surface area contributed by atoms with Gasteiger partial charge in [-0.25, -0.2) is 9.97 Å². The van der Waals surface area contributed by atoms with Crippen molar-refractivity contribution < 1.29 is 14.3 Å². The second kappa shape index (κ2) is 7.63. The number of carbonyl (C=O) groups excluding carboxylic acids is 1. The molecule has 1 aromatic carbocycles. The molecule has 0 radical (unpaired) electrons. The Bertz CT molecular complexity index is 1080. The summed E-state index contributed by atoms with van der Waals surface area (Å²) in [6, 6.07) is 6.07. The number of nitrogens with zero attached hydrogens (tertiary/aromatic N) is 3.